The molecule has 2 N–H and O–H groups in total. The lowest BCUT2D eigenvalue weighted by atomic mass is 10.1. The van der Waals surface area contributed by atoms with Crippen molar-refractivity contribution in [1.82, 2.24) is 9.88 Å². The molecule has 0 spiro atoms. The second-order valence-corrected chi connectivity index (χ2v) is 4.82. The van der Waals surface area contributed by atoms with Crippen LogP contribution < -0.4 is 5.32 Å². The van der Waals surface area contributed by atoms with Gasteiger partial charge in [-0.3, -0.25) is 4.79 Å². The van der Waals surface area contributed by atoms with Gasteiger partial charge in [-0.25, -0.2) is 4.79 Å². The van der Waals surface area contributed by atoms with Crippen molar-refractivity contribution >= 4 is 23.5 Å². The molecule has 0 atom stereocenters. The Morgan fingerprint density at radius 2 is 2.11 bits per heavy atom. The van der Waals surface area contributed by atoms with E-state index in [9.17, 15) is 18.4 Å². The lowest BCUT2D eigenvalue weighted by molar-refractivity contribution is -0.147. The van der Waals surface area contributed by atoms with Gasteiger partial charge in [0.05, 0.1) is 10.6 Å². The lowest BCUT2D eigenvalue weighted by Gasteiger charge is -2.15. The number of aryl methyl sites for hydroxylation is 1. The third-order valence-electron chi connectivity index (χ3n) is 2.86. The number of carboxylic acid groups (broad SMARTS) is 1. The summed E-state index contributed by atoms with van der Waals surface area (Å²) in [7, 11) is 1.27. The van der Waals surface area contributed by atoms with Gasteiger partial charge in [0.1, 0.15) is 5.69 Å². The Labute approximate surface area is 112 Å². The standard InChI is InChI=1S/C11H11ClF2N2O3/c1-16-4-6(7(12)8(16)9(17)18)11(13,14)10(19)15-5-2-3-5/h4-5H,2-3H2,1H3,(H,15,19)(H,17,18). The third-order valence-corrected chi connectivity index (χ3v) is 3.24. The van der Waals surface area contributed by atoms with Crippen molar-refractivity contribution in [2.24, 2.45) is 7.05 Å². The van der Waals surface area contributed by atoms with E-state index in [1.807, 2.05) is 0 Å². The van der Waals surface area contributed by atoms with E-state index in [0.717, 1.165) is 10.8 Å². The van der Waals surface area contributed by atoms with E-state index < -0.39 is 34.1 Å². The smallest absolute Gasteiger partial charge is 0.354 e. The number of aromatic carboxylic acids is 1. The summed E-state index contributed by atoms with van der Waals surface area (Å²) in [6.07, 6.45) is 2.20. The molecule has 8 heteroatoms. The van der Waals surface area contributed by atoms with Gasteiger partial charge in [-0.05, 0) is 12.8 Å². The maximum absolute atomic E-state index is 14.0. The van der Waals surface area contributed by atoms with E-state index in [4.69, 9.17) is 16.7 Å². The molecule has 1 aliphatic carbocycles. The SMILES string of the molecule is Cn1cc(C(F)(F)C(=O)NC2CC2)c(Cl)c1C(=O)O. The van der Waals surface area contributed by atoms with Crippen LogP contribution >= 0.6 is 11.6 Å². The van der Waals surface area contributed by atoms with Gasteiger partial charge in [-0.2, -0.15) is 8.78 Å². The number of hydrogen-bond donors (Lipinski definition) is 2. The summed E-state index contributed by atoms with van der Waals surface area (Å²) in [5, 5.41) is 10.4. The Morgan fingerprint density at radius 1 is 1.53 bits per heavy atom. The normalized spacial score (nSPS) is 15.4. The fourth-order valence-corrected chi connectivity index (χ4v) is 2.07. The zero-order valence-electron chi connectivity index (χ0n) is 9.91. The van der Waals surface area contributed by atoms with Gasteiger partial charge in [0, 0.05) is 19.3 Å². The van der Waals surface area contributed by atoms with Gasteiger partial charge in [0.25, 0.3) is 5.91 Å². The second-order valence-electron chi connectivity index (χ2n) is 4.44. The summed E-state index contributed by atoms with van der Waals surface area (Å²) in [6.45, 7) is 0. The second kappa shape index (κ2) is 4.48. The third kappa shape index (κ3) is 2.42. The number of hydrogen-bond acceptors (Lipinski definition) is 2. The van der Waals surface area contributed by atoms with Crippen molar-refractivity contribution in [3.05, 3.63) is 22.5 Å². The molecule has 1 heterocycles. The predicted octanol–water partition coefficient (Wildman–Crippen LogP) is 1.75. The zero-order chi connectivity index (χ0) is 14.4. The Morgan fingerprint density at radius 3 is 2.53 bits per heavy atom. The number of nitrogens with one attached hydrogen (secondary N) is 1. The maximum atomic E-state index is 14.0. The Balaban J connectivity index is 2.36. The van der Waals surface area contributed by atoms with Crippen LogP contribution in [-0.2, 0) is 17.8 Å². The molecule has 1 fully saturated rings. The van der Waals surface area contributed by atoms with Crippen LogP contribution in [0.1, 0.15) is 28.9 Å². The maximum Gasteiger partial charge on any atom is 0.354 e. The molecule has 0 unspecified atom stereocenters. The number of aromatic nitrogens is 1. The number of amides is 1. The number of rotatable bonds is 4. The molecule has 2 rings (SSSR count). The topological polar surface area (TPSA) is 71.3 Å². The molecule has 1 amide bonds. The summed E-state index contributed by atoms with van der Waals surface area (Å²) < 4.78 is 28.9. The van der Waals surface area contributed by atoms with Crippen LogP contribution in [0.25, 0.3) is 0 Å². The molecule has 0 bridgehead atoms. The van der Waals surface area contributed by atoms with E-state index >= 15 is 0 Å². The highest BCUT2D eigenvalue weighted by molar-refractivity contribution is 6.34. The first kappa shape index (κ1) is 13.8. The minimum atomic E-state index is -3.86. The molecule has 0 aliphatic heterocycles. The number of carbonyl (C=O) groups is 2. The van der Waals surface area contributed by atoms with Gasteiger partial charge < -0.3 is 15.0 Å². The summed E-state index contributed by atoms with van der Waals surface area (Å²) >= 11 is 5.64. The van der Waals surface area contributed by atoms with E-state index in [0.29, 0.717) is 12.8 Å². The van der Waals surface area contributed by atoms with E-state index in [-0.39, 0.29) is 6.04 Å². The van der Waals surface area contributed by atoms with Gasteiger partial charge >= 0.3 is 11.9 Å². The fraction of sp³-hybridized carbons (Fsp3) is 0.455. The van der Waals surface area contributed by atoms with Crippen molar-refractivity contribution in [3.63, 3.8) is 0 Å². The molecular weight excluding hydrogens is 282 g/mol. The Hall–Kier alpha value is -1.63. The van der Waals surface area contributed by atoms with E-state index in [2.05, 4.69) is 5.32 Å². The molecule has 1 aromatic heterocycles. The van der Waals surface area contributed by atoms with Crippen LogP contribution in [0.2, 0.25) is 5.02 Å². The van der Waals surface area contributed by atoms with Crippen LogP contribution in [0.3, 0.4) is 0 Å². The highest BCUT2D eigenvalue weighted by atomic mass is 35.5. The van der Waals surface area contributed by atoms with Gasteiger partial charge in [-0.15, -0.1) is 0 Å². The summed E-state index contributed by atoms with van der Waals surface area (Å²) in [5.41, 5.74) is -1.28. The Bertz CT molecular complexity index is 552. The van der Waals surface area contributed by atoms with Crippen LogP contribution in [0.15, 0.2) is 6.20 Å². The molecule has 19 heavy (non-hydrogen) atoms. The van der Waals surface area contributed by atoms with Gasteiger partial charge in [0.2, 0.25) is 0 Å². The first-order valence-electron chi connectivity index (χ1n) is 5.52. The van der Waals surface area contributed by atoms with Crippen molar-refractivity contribution in [2.75, 3.05) is 0 Å². The van der Waals surface area contributed by atoms with Crippen LogP contribution in [-0.4, -0.2) is 27.6 Å². The predicted molar refractivity (Wildman–Crippen MR) is 62.4 cm³/mol. The van der Waals surface area contributed by atoms with E-state index in [1.54, 1.807) is 0 Å². The van der Waals surface area contributed by atoms with Crippen molar-refractivity contribution in [3.8, 4) is 0 Å². The summed E-state index contributed by atoms with van der Waals surface area (Å²) in [6, 6.07) is -0.222. The molecule has 104 valence electrons. The van der Waals surface area contributed by atoms with Gasteiger partial charge in [0.15, 0.2) is 0 Å². The van der Waals surface area contributed by atoms with Crippen LogP contribution in [0.4, 0.5) is 8.78 Å². The van der Waals surface area contributed by atoms with Crippen LogP contribution in [0.5, 0.6) is 0 Å². The average molecular weight is 293 g/mol. The van der Waals surface area contributed by atoms with Crippen molar-refractivity contribution < 1.29 is 23.5 Å². The minimum absolute atomic E-state index is 0.222. The number of carbonyl (C=O) groups excluding carboxylic acids is 1. The molecule has 0 aromatic carbocycles. The highest BCUT2D eigenvalue weighted by Crippen LogP contribution is 2.37. The molecule has 1 aromatic rings. The number of carboxylic acids is 1. The Kier molecular flexibility index (Phi) is 3.25. The highest BCUT2D eigenvalue weighted by Gasteiger charge is 2.46. The van der Waals surface area contributed by atoms with Crippen molar-refractivity contribution in [2.45, 2.75) is 24.8 Å². The largest absolute Gasteiger partial charge is 0.477 e. The summed E-state index contributed by atoms with van der Waals surface area (Å²) in [4.78, 5) is 22.4. The molecule has 5 nitrogen and oxygen atoms in total. The number of nitrogens with zero attached hydrogens (tertiary/aromatic N) is 1. The molecule has 1 aliphatic rings. The summed E-state index contributed by atoms with van der Waals surface area (Å²) in [5.74, 6) is -6.75. The molecular formula is C11H11ClF2N2O3. The molecule has 1 saturated carbocycles. The van der Waals surface area contributed by atoms with Crippen molar-refractivity contribution in [1.29, 1.82) is 0 Å². The quantitative estimate of drug-likeness (QED) is 0.888. The average Bonchev–Trinajstić information content (AvgIpc) is 3.03. The number of alkyl halides is 2. The van der Waals surface area contributed by atoms with Crippen LogP contribution in [0, 0.1) is 0 Å². The number of halogens is 3. The molecule has 0 saturated heterocycles. The first-order valence-corrected chi connectivity index (χ1v) is 5.90. The van der Waals surface area contributed by atoms with E-state index in [1.165, 1.54) is 7.05 Å². The monoisotopic (exact) mass is 292 g/mol. The first-order chi connectivity index (χ1) is 8.75. The van der Waals surface area contributed by atoms with Gasteiger partial charge in [-0.1, -0.05) is 11.6 Å². The zero-order valence-corrected chi connectivity index (χ0v) is 10.7. The fourth-order valence-electron chi connectivity index (χ4n) is 1.69. The minimum Gasteiger partial charge on any atom is -0.477 e. The lowest BCUT2D eigenvalue weighted by Crippen LogP contribution is -2.39. The molecule has 0 radical (unpaired) electrons.